The van der Waals surface area contributed by atoms with Gasteiger partial charge in [0.15, 0.2) is 0 Å². The molecule has 0 aromatic rings. The second-order valence-electron chi connectivity index (χ2n) is 2.98. The summed E-state index contributed by atoms with van der Waals surface area (Å²) in [5, 5.41) is 4.83. The van der Waals surface area contributed by atoms with Gasteiger partial charge in [-0.05, 0) is 0 Å². The summed E-state index contributed by atoms with van der Waals surface area (Å²) in [4.78, 5) is 33.1. The third kappa shape index (κ3) is 2.38. The number of thiol groups is 1. The average Bonchev–Trinajstić information content (AvgIpc) is 2.10. The molecule has 1 fully saturated rings. The molecule has 4 N–H and O–H groups in total. The Morgan fingerprint density at radius 3 is 2.29 bits per heavy atom. The Bertz CT molecular complexity index is 281. The number of primary amides is 1. The summed E-state index contributed by atoms with van der Waals surface area (Å²) in [6, 6.07) is -1.48. The van der Waals surface area contributed by atoms with Crippen LogP contribution in [0.1, 0.15) is 6.42 Å². The maximum absolute atomic E-state index is 11.3. The lowest BCUT2D eigenvalue weighted by Crippen LogP contribution is -2.62. The maximum Gasteiger partial charge on any atom is 0.244 e. The van der Waals surface area contributed by atoms with Crippen LogP contribution in [-0.2, 0) is 14.4 Å². The lowest BCUT2D eigenvalue weighted by molar-refractivity contribution is -0.137. The quantitative estimate of drug-likeness (QED) is 0.403. The van der Waals surface area contributed by atoms with E-state index in [0.29, 0.717) is 0 Å². The lowest BCUT2D eigenvalue weighted by Gasteiger charge is -2.27. The molecule has 7 heteroatoms. The molecule has 0 radical (unpaired) electrons. The fraction of sp³-hybridized carbons (Fsp3) is 0.571. The minimum atomic E-state index is -0.851. The average molecular weight is 217 g/mol. The maximum atomic E-state index is 11.3. The molecule has 1 saturated heterocycles. The first-order chi connectivity index (χ1) is 6.54. The van der Waals surface area contributed by atoms with E-state index in [0.717, 1.165) is 0 Å². The van der Waals surface area contributed by atoms with Gasteiger partial charge in [0.2, 0.25) is 17.7 Å². The van der Waals surface area contributed by atoms with Crippen molar-refractivity contribution in [3.05, 3.63) is 0 Å². The molecule has 0 saturated carbocycles. The zero-order valence-corrected chi connectivity index (χ0v) is 8.21. The summed E-state index contributed by atoms with van der Waals surface area (Å²) in [6.45, 7) is 0. The molecular weight excluding hydrogens is 206 g/mol. The van der Waals surface area contributed by atoms with Gasteiger partial charge in [-0.15, -0.1) is 0 Å². The van der Waals surface area contributed by atoms with Gasteiger partial charge in [0.1, 0.15) is 12.1 Å². The molecule has 1 rings (SSSR count). The number of nitrogens with one attached hydrogen (secondary N) is 2. The Morgan fingerprint density at radius 1 is 1.29 bits per heavy atom. The molecule has 0 aliphatic carbocycles. The largest absolute Gasteiger partial charge is 0.370 e. The van der Waals surface area contributed by atoms with Crippen molar-refractivity contribution in [2.75, 3.05) is 5.75 Å². The highest BCUT2D eigenvalue weighted by Gasteiger charge is 2.33. The van der Waals surface area contributed by atoms with E-state index in [1.165, 1.54) is 0 Å². The predicted molar refractivity (Wildman–Crippen MR) is 51.5 cm³/mol. The summed E-state index contributed by atoms with van der Waals surface area (Å²) in [6.07, 6.45) is -0.184. The van der Waals surface area contributed by atoms with Crippen LogP contribution >= 0.6 is 12.6 Å². The van der Waals surface area contributed by atoms with Gasteiger partial charge in [0.25, 0.3) is 0 Å². The Balaban J connectivity index is 2.62. The van der Waals surface area contributed by atoms with Gasteiger partial charge < -0.3 is 16.4 Å². The van der Waals surface area contributed by atoms with Crippen molar-refractivity contribution in [2.45, 2.75) is 18.5 Å². The first-order valence-electron chi connectivity index (χ1n) is 4.04. The highest BCUT2D eigenvalue weighted by molar-refractivity contribution is 7.80. The number of hydrogen-bond donors (Lipinski definition) is 4. The van der Waals surface area contributed by atoms with Gasteiger partial charge in [-0.1, -0.05) is 0 Å². The van der Waals surface area contributed by atoms with Crippen LogP contribution in [0.3, 0.4) is 0 Å². The number of hydrogen-bond acceptors (Lipinski definition) is 4. The van der Waals surface area contributed by atoms with Crippen molar-refractivity contribution >= 4 is 30.4 Å². The van der Waals surface area contributed by atoms with Crippen LogP contribution in [0.4, 0.5) is 0 Å². The van der Waals surface area contributed by atoms with Crippen LogP contribution < -0.4 is 16.4 Å². The number of carbonyl (C=O) groups is 3. The van der Waals surface area contributed by atoms with E-state index in [4.69, 9.17) is 5.73 Å². The third-order valence-electron chi connectivity index (χ3n) is 1.85. The molecule has 1 heterocycles. The zero-order valence-electron chi connectivity index (χ0n) is 7.32. The Hall–Kier alpha value is -1.24. The van der Waals surface area contributed by atoms with Crippen LogP contribution in [0, 0.1) is 0 Å². The first-order valence-corrected chi connectivity index (χ1v) is 4.67. The topological polar surface area (TPSA) is 101 Å². The molecule has 0 aromatic carbocycles. The Labute approximate surface area is 86.0 Å². The van der Waals surface area contributed by atoms with Crippen molar-refractivity contribution in [1.29, 1.82) is 0 Å². The molecule has 0 bridgehead atoms. The highest BCUT2D eigenvalue weighted by atomic mass is 32.1. The number of piperazine rings is 1. The minimum Gasteiger partial charge on any atom is -0.370 e. The summed E-state index contributed by atoms with van der Waals surface area (Å²) in [7, 11) is 0. The molecule has 3 amide bonds. The fourth-order valence-electron chi connectivity index (χ4n) is 1.15. The number of carbonyl (C=O) groups excluding carboxylic acids is 3. The first kappa shape index (κ1) is 10.8. The molecule has 6 nitrogen and oxygen atoms in total. The highest BCUT2D eigenvalue weighted by Crippen LogP contribution is 2.01. The predicted octanol–water partition coefficient (Wildman–Crippen LogP) is -2.23. The van der Waals surface area contributed by atoms with E-state index < -0.39 is 23.9 Å². The summed E-state index contributed by atoms with van der Waals surface area (Å²) in [5.41, 5.74) is 4.91. The second kappa shape index (κ2) is 4.32. The fourth-order valence-corrected chi connectivity index (χ4v) is 1.41. The van der Waals surface area contributed by atoms with E-state index in [1.54, 1.807) is 0 Å². The van der Waals surface area contributed by atoms with Gasteiger partial charge in [-0.25, -0.2) is 0 Å². The van der Waals surface area contributed by atoms with Crippen molar-refractivity contribution in [1.82, 2.24) is 10.6 Å². The van der Waals surface area contributed by atoms with Crippen LogP contribution in [0.25, 0.3) is 0 Å². The van der Waals surface area contributed by atoms with Crippen LogP contribution in [0.2, 0.25) is 0 Å². The second-order valence-corrected chi connectivity index (χ2v) is 3.34. The van der Waals surface area contributed by atoms with Crippen molar-refractivity contribution in [3.8, 4) is 0 Å². The molecule has 1 aliphatic rings. The monoisotopic (exact) mass is 217 g/mol. The SMILES string of the molecule is NC(=O)CC1NC(=O)[C@H](CS)NC1=O. The van der Waals surface area contributed by atoms with Crippen molar-refractivity contribution in [2.24, 2.45) is 5.73 Å². The molecule has 2 atom stereocenters. The van der Waals surface area contributed by atoms with Gasteiger partial charge in [0, 0.05) is 5.75 Å². The molecule has 14 heavy (non-hydrogen) atoms. The van der Waals surface area contributed by atoms with Gasteiger partial charge in [-0.3, -0.25) is 14.4 Å². The van der Waals surface area contributed by atoms with Crippen LogP contribution in [0.5, 0.6) is 0 Å². The van der Waals surface area contributed by atoms with E-state index >= 15 is 0 Å². The lowest BCUT2D eigenvalue weighted by atomic mass is 10.1. The minimum absolute atomic E-state index is 0.184. The summed E-state index contributed by atoms with van der Waals surface area (Å²) in [5.74, 6) is -1.15. The standard InChI is InChI=1S/C7H11N3O3S/c8-5(11)1-3-6(12)10-4(2-14)7(13)9-3/h3-4,14H,1-2H2,(H2,8,11)(H,9,13)(H,10,12)/t3?,4-/m0/s1. The Morgan fingerprint density at radius 2 is 1.79 bits per heavy atom. The van der Waals surface area contributed by atoms with E-state index in [9.17, 15) is 14.4 Å². The Kier molecular flexibility index (Phi) is 3.34. The van der Waals surface area contributed by atoms with Gasteiger partial charge >= 0.3 is 0 Å². The van der Waals surface area contributed by atoms with Gasteiger partial charge in [-0.2, -0.15) is 12.6 Å². The van der Waals surface area contributed by atoms with Crippen LogP contribution in [-0.4, -0.2) is 35.6 Å². The molecule has 1 unspecified atom stereocenters. The van der Waals surface area contributed by atoms with E-state index in [2.05, 4.69) is 23.3 Å². The van der Waals surface area contributed by atoms with E-state index in [1.807, 2.05) is 0 Å². The summed E-state index contributed by atoms with van der Waals surface area (Å²) >= 11 is 3.90. The smallest absolute Gasteiger partial charge is 0.244 e. The van der Waals surface area contributed by atoms with Crippen LogP contribution in [0.15, 0.2) is 0 Å². The van der Waals surface area contributed by atoms with Crippen molar-refractivity contribution < 1.29 is 14.4 Å². The van der Waals surface area contributed by atoms with Gasteiger partial charge in [0.05, 0.1) is 6.42 Å². The van der Waals surface area contributed by atoms with Crippen molar-refractivity contribution in [3.63, 3.8) is 0 Å². The molecular formula is C7H11N3O3S. The molecule has 0 aromatic heterocycles. The zero-order chi connectivity index (χ0) is 10.7. The number of amides is 3. The molecule has 78 valence electrons. The molecule has 1 aliphatic heterocycles. The third-order valence-corrected chi connectivity index (χ3v) is 2.22. The normalized spacial score (nSPS) is 26.6. The number of rotatable bonds is 3. The number of nitrogens with two attached hydrogens (primary N) is 1. The molecule has 0 spiro atoms. The summed E-state index contributed by atoms with van der Waals surface area (Å²) < 4.78 is 0. The van der Waals surface area contributed by atoms with E-state index in [-0.39, 0.29) is 18.1 Å².